The highest BCUT2D eigenvalue weighted by molar-refractivity contribution is 6.76. The van der Waals surface area contributed by atoms with Gasteiger partial charge in [-0.25, -0.2) is 4.98 Å². The lowest BCUT2D eigenvalue weighted by Crippen LogP contribution is -2.22. The monoisotopic (exact) mass is 306 g/mol. The highest BCUT2D eigenvalue weighted by atomic mass is 28.3. The largest absolute Gasteiger partial charge is 0.361 e. The first-order chi connectivity index (χ1) is 10.0. The Morgan fingerprint density at radius 1 is 1.14 bits per heavy atom. The molecule has 0 radical (unpaired) electrons. The number of aromatic nitrogens is 2. The normalized spacial score (nSPS) is 20.3. The van der Waals surface area contributed by atoms with Gasteiger partial charge in [0.2, 0.25) is 0 Å². The molecule has 2 fully saturated rings. The Labute approximate surface area is 130 Å². The van der Waals surface area contributed by atoms with Gasteiger partial charge >= 0.3 is 0 Å². The van der Waals surface area contributed by atoms with Gasteiger partial charge in [-0.2, -0.15) is 0 Å². The Morgan fingerprint density at radius 3 is 2.48 bits per heavy atom. The van der Waals surface area contributed by atoms with Gasteiger partial charge in [0.15, 0.2) is 0 Å². The number of ether oxygens (including phenoxy) is 1. The molecule has 0 aromatic carbocycles. The van der Waals surface area contributed by atoms with Crippen LogP contribution in [0.5, 0.6) is 0 Å². The number of hydrogen-bond donors (Lipinski definition) is 0. The predicted octanol–water partition coefficient (Wildman–Crippen LogP) is 4.73. The van der Waals surface area contributed by atoms with Crippen LogP contribution in [0.15, 0.2) is 6.33 Å². The van der Waals surface area contributed by atoms with E-state index in [4.69, 9.17) is 9.72 Å². The van der Waals surface area contributed by atoms with Crippen LogP contribution in [0.2, 0.25) is 25.7 Å². The summed E-state index contributed by atoms with van der Waals surface area (Å²) in [6, 6.07) is 1.25. The number of rotatable bonds is 7. The van der Waals surface area contributed by atoms with Crippen LogP contribution in [0.4, 0.5) is 0 Å². The summed E-state index contributed by atoms with van der Waals surface area (Å²) >= 11 is 0. The highest BCUT2D eigenvalue weighted by Gasteiger charge is 2.33. The van der Waals surface area contributed by atoms with Crippen LogP contribution in [0, 0.1) is 0 Å². The molecule has 0 unspecified atom stereocenters. The van der Waals surface area contributed by atoms with Gasteiger partial charge < -0.3 is 9.30 Å². The summed E-state index contributed by atoms with van der Waals surface area (Å²) in [6.45, 7) is 8.82. The Balaban J connectivity index is 1.62. The molecule has 3 rings (SSSR count). The Morgan fingerprint density at radius 2 is 1.86 bits per heavy atom. The summed E-state index contributed by atoms with van der Waals surface area (Å²) in [6.07, 6.45) is 10.2. The van der Waals surface area contributed by atoms with E-state index in [0.717, 1.165) is 18.4 Å². The van der Waals surface area contributed by atoms with Gasteiger partial charge in [0.25, 0.3) is 0 Å². The average molecular weight is 307 g/mol. The van der Waals surface area contributed by atoms with E-state index < -0.39 is 8.07 Å². The zero-order valence-corrected chi connectivity index (χ0v) is 14.9. The predicted molar refractivity (Wildman–Crippen MR) is 89.5 cm³/mol. The molecular formula is C17H30N2OSi. The topological polar surface area (TPSA) is 27.1 Å². The van der Waals surface area contributed by atoms with E-state index in [9.17, 15) is 0 Å². The third-order valence-corrected chi connectivity index (χ3v) is 6.54. The van der Waals surface area contributed by atoms with Crippen LogP contribution in [0.1, 0.15) is 61.7 Å². The molecule has 0 aliphatic heterocycles. The van der Waals surface area contributed by atoms with Crippen molar-refractivity contribution in [3.05, 3.63) is 17.7 Å². The molecule has 0 atom stereocenters. The molecule has 2 saturated carbocycles. The van der Waals surface area contributed by atoms with Gasteiger partial charge in [0.1, 0.15) is 6.73 Å². The standard InChI is InChI=1S/C17H30N2OSi/c1-21(2,3)11-10-20-13-19-12-18-16(14-6-4-5-7-14)17(19)15-8-9-15/h12,14-15H,4-11,13H2,1-3H3. The Kier molecular flexibility index (Phi) is 4.55. The fourth-order valence-electron chi connectivity index (χ4n) is 3.37. The van der Waals surface area contributed by atoms with Crippen molar-refractivity contribution in [2.45, 2.75) is 82.8 Å². The molecule has 0 saturated heterocycles. The van der Waals surface area contributed by atoms with Gasteiger partial charge in [0, 0.05) is 32.2 Å². The molecule has 4 heteroatoms. The Bertz CT molecular complexity index is 468. The summed E-state index contributed by atoms with van der Waals surface area (Å²) < 4.78 is 8.25. The molecule has 0 spiro atoms. The van der Waals surface area contributed by atoms with Gasteiger partial charge in [-0.15, -0.1) is 0 Å². The fraction of sp³-hybridized carbons (Fsp3) is 0.824. The zero-order chi connectivity index (χ0) is 14.9. The molecule has 0 amide bonds. The molecule has 1 heterocycles. The van der Waals surface area contributed by atoms with E-state index in [1.165, 1.54) is 56.0 Å². The molecule has 1 aromatic rings. The number of hydrogen-bond acceptors (Lipinski definition) is 2. The third-order valence-electron chi connectivity index (χ3n) is 4.84. The van der Waals surface area contributed by atoms with Crippen molar-refractivity contribution in [3.63, 3.8) is 0 Å². The van der Waals surface area contributed by atoms with Gasteiger partial charge in [0.05, 0.1) is 12.0 Å². The van der Waals surface area contributed by atoms with Crippen molar-refractivity contribution in [1.82, 2.24) is 9.55 Å². The van der Waals surface area contributed by atoms with Crippen LogP contribution in [-0.4, -0.2) is 24.2 Å². The van der Waals surface area contributed by atoms with Crippen LogP contribution < -0.4 is 0 Å². The number of imidazole rings is 1. The maximum atomic E-state index is 5.95. The molecule has 118 valence electrons. The summed E-state index contributed by atoms with van der Waals surface area (Å²) in [7, 11) is -0.984. The first-order valence-corrected chi connectivity index (χ1v) is 12.4. The number of nitrogens with zero attached hydrogens (tertiary/aromatic N) is 2. The van der Waals surface area contributed by atoms with Gasteiger partial charge in [-0.3, -0.25) is 0 Å². The third kappa shape index (κ3) is 3.98. The summed E-state index contributed by atoms with van der Waals surface area (Å²) in [5.41, 5.74) is 2.92. The molecule has 1 aromatic heterocycles. The Hall–Kier alpha value is -0.613. The SMILES string of the molecule is C[Si](C)(C)CCOCn1cnc(C2CCCC2)c1C1CC1. The van der Waals surface area contributed by atoms with Crippen LogP contribution >= 0.6 is 0 Å². The lowest BCUT2D eigenvalue weighted by atomic mass is 10.0. The molecule has 3 nitrogen and oxygen atoms in total. The molecule has 0 bridgehead atoms. The average Bonchev–Trinajstić information content (AvgIpc) is 2.96. The van der Waals surface area contributed by atoms with E-state index in [1.807, 2.05) is 6.33 Å². The molecule has 21 heavy (non-hydrogen) atoms. The van der Waals surface area contributed by atoms with Crippen molar-refractivity contribution in [3.8, 4) is 0 Å². The van der Waals surface area contributed by atoms with Gasteiger partial charge in [-0.05, 0) is 31.7 Å². The van der Waals surface area contributed by atoms with Crippen LogP contribution in [0.3, 0.4) is 0 Å². The second kappa shape index (κ2) is 6.25. The maximum Gasteiger partial charge on any atom is 0.124 e. The van der Waals surface area contributed by atoms with E-state index in [2.05, 4.69) is 24.2 Å². The minimum absolute atomic E-state index is 0.704. The fourth-order valence-corrected chi connectivity index (χ4v) is 4.12. The van der Waals surface area contributed by atoms with E-state index >= 15 is 0 Å². The van der Waals surface area contributed by atoms with E-state index in [0.29, 0.717) is 6.73 Å². The summed E-state index contributed by atoms with van der Waals surface area (Å²) in [4.78, 5) is 4.78. The summed E-state index contributed by atoms with van der Waals surface area (Å²) in [5.74, 6) is 1.49. The van der Waals surface area contributed by atoms with Crippen molar-refractivity contribution in [2.75, 3.05) is 6.61 Å². The first-order valence-electron chi connectivity index (χ1n) is 8.67. The van der Waals surface area contributed by atoms with Crippen molar-refractivity contribution >= 4 is 8.07 Å². The first kappa shape index (κ1) is 15.3. The lowest BCUT2D eigenvalue weighted by molar-refractivity contribution is 0.0852. The smallest absolute Gasteiger partial charge is 0.124 e. The second-order valence-electron chi connectivity index (χ2n) is 8.09. The molecule has 2 aliphatic carbocycles. The van der Waals surface area contributed by atoms with Crippen molar-refractivity contribution < 1.29 is 4.74 Å². The van der Waals surface area contributed by atoms with E-state index in [-0.39, 0.29) is 0 Å². The molecular weight excluding hydrogens is 276 g/mol. The second-order valence-corrected chi connectivity index (χ2v) is 13.7. The van der Waals surface area contributed by atoms with Crippen LogP contribution in [-0.2, 0) is 11.5 Å². The highest BCUT2D eigenvalue weighted by Crippen LogP contribution is 2.45. The summed E-state index contributed by atoms with van der Waals surface area (Å²) in [5, 5.41) is 0. The molecule has 0 N–H and O–H groups in total. The minimum atomic E-state index is -0.984. The maximum absolute atomic E-state index is 5.95. The minimum Gasteiger partial charge on any atom is -0.361 e. The van der Waals surface area contributed by atoms with Crippen molar-refractivity contribution in [2.24, 2.45) is 0 Å². The molecule has 2 aliphatic rings. The van der Waals surface area contributed by atoms with Gasteiger partial charge in [-0.1, -0.05) is 32.5 Å². The lowest BCUT2D eigenvalue weighted by Gasteiger charge is -2.16. The quantitative estimate of drug-likeness (QED) is 0.538. The van der Waals surface area contributed by atoms with Crippen LogP contribution in [0.25, 0.3) is 0 Å². The zero-order valence-electron chi connectivity index (χ0n) is 13.9. The van der Waals surface area contributed by atoms with E-state index in [1.54, 1.807) is 0 Å². The van der Waals surface area contributed by atoms with Crippen molar-refractivity contribution in [1.29, 1.82) is 0 Å².